The second-order valence-corrected chi connectivity index (χ2v) is 14.4. The molecule has 3 aliphatic heterocycles. The zero-order valence-corrected chi connectivity index (χ0v) is 30.6. The van der Waals surface area contributed by atoms with Crippen molar-refractivity contribution in [1.29, 1.82) is 0 Å². The Balaban J connectivity index is 0.798. The molecule has 6 heterocycles. The van der Waals surface area contributed by atoms with Crippen molar-refractivity contribution in [3.05, 3.63) is 96.5 Å². The van der Waals surface area contributed by atoms with Crippen molar-refractivity contribution in [2.24, 2.45) is 0 Å². The topological polar surface area (TPSA) is 170 Å². The predicted molar refractivity (Wildman–Crippen MR) is 209 cm³/mol. The molecule has 0 spiro atoms. The number of unbranched alkanes of at least 4 members (excludes halogenated alkanes) is 1. The predicted octanol–water partition coefficient (Wildman–Crippen LogP) is 5.61. The van der Waals surface area contributed by atoms with Crippen LogP contribution in [0.4, 0.5) is 17.3 Å². The highest BCUT2D eigenvalue weighted by Gasteiger charge is 2.45. The lowest BCUT2D eigenvalue weighted by Crippen LogP contribution is -2.54. The number of amides is 4. The molecule has 4 N–H and O–H groups in total. The van der Waals surface area contributed by atoms with Gasteiger partial charge in [-0.1, -0.05) is 24.3 Å². The smallest absolute Gasteiger partial charge is 0.264 e. The lowest BCUT2D eigenvalue weighted by molar-refractivity contribution is -0.136. The summed E-state index contributed by atoms with van der Waals surface area (Å²) in [7, 11) is 0. The number of aromatic amines is 1. The number of allylic oxidation sites excluding steroid dienone is 1. The molecule has 282 valence electrons. The summed E-state index contributed by atoms with van der Waals surface area (Å²) in [6.07, 6.45) is 12.8. The minimum atomic E-state index is -0.977. The molecule has 0 saturated carbocycles. The number of rotatable bonds is 14. The summed E-state index contributed by atoms with van der Waals surface area (Å²) in [5, 5.41) is 14.4. The van der Waals surface area contributed by atoms with E-state index >= 15 is 0 Å². The molecular formula is C41H44N10O4. The first-order valence-corrected chi connectivity index (χ1v) is 19.0. The van der Waals surface area contributed by atoms with E-state index in [1.54, 1.807) is 18.2 Å². The standard InChI is InChI=1S/C41H44N10O4/c1-2-3-21-50-25-28(24-44-50)36-31-15-19-43-37(31)48-41(47-36)45-29-11-9-26(10-12-29)27-16-22-49(23-17-27)20-5-4-18-42-32-8-6-7-30-35(32)40(55)51(39(30)54)33-13-14-34(52)46-38(33)53/h2,6-12,15,19,24-25,27,33,42H,1,3-5,13-14,16-18,20-23H2,(H,46,52,53)(H2,43,45,47,48). The maximum absolute atomic E-state index is 13.4. The van der Waals surface area contributed by atoms with Gasteiger partial charge in [-0.3, -0.25) is 34.1 Å². The number of hydrogen-bond acceptors (Lipinski definition) is 10. The first-order valence-electron chi connectivity index (χ1n) is 19.0. The van der Waals surface area contributed by atoms with Gasteiger partial charge in [-0.2, -0.15) is 10.1 Å². The van der Waals surface area contributed by atoms with Gasteiger partial charge in [0.25, 0.3) is 11.8 Å². The Morgan fingerprint density at radius 3 is 2.56 bits per heavy atom. The van der Waals surface area contributed by atoms with E-state index in [2.05, 4.69) is 61.8 Å². The van der Waals surface area contributed by atoms with Crippen molar-refractivity contribution >= 4 is 52.0 Å². The van der Waals surface area contributed by atoms with Crippen LogP contribution in [0.3, 0.4) is 0 Å². The van der Waals surface area contributed by atoms with Crippen LogP contribution in [0.5, 0.6) is 0 Å². The minimum Gasteiger partial charge on any atom is -0.384 e. The lowest BCUT2D eigenvalue weighted by atomic mass is 9.89. The number of carbonyl (C=O) groups is 4. The van der Waals surface area contributed by atoms with E-state index in [0.717, 1.165) is 91.2 Å². The van der Waals surface area contributed by atoms with Gasteiger partial charge in [0, 0.05) is 54.2 Å². The molecule has 5 aromatic rings. The number of benzene rings is 2. The summed E-state index contributed by atoms with van der Waals surface area (Å²) >= 11 is 0. The number of anilines is 3. The Morgan fingerprint density at radius 1 is 0.927 bits per heavy atom. The van der Waals surface area contributed by atoms with E-state index in [1.165, 1.54) is 5.56 Å². The molecule has 3 aromatic heterocycles. The largest absolute Gasteiger partial charge is 0.384 e. The number of fused-ring (bicyclic) bond motifs is 2. The van der Waals surface area contributed by atoms with E-state index in [9.17, 15) is 19.2 Å². The molecule has 55 heavy (non-hydrogen) atoms. The van der Waals surface area contributed by atoms with E-state index in [4.69, 9.17) is 9.97 Å². The van der Waals surface area contributed by atoms with Gasteiger partial charge in [0.2, 0.25) is 17.8 Å². The number of aryl methyl sites for hydroxylation is 1. The summed E-state index contributed by atoms with van der Waals surface area (Å²) < 4.78 is 1.90. The van der Waals surface area contributed by atoms with Crippen LogP contribution in [0.1, 0.15) is 77.1 Å². The number of H-pyrrole nitrogens is 1. The van der Waals surface area contributed by atoms with E-state index in [-0.39, 0.29) is 18.4 Å². The molecule has 4 amide bonds. The highest BCUT2D eigenvalue weighted by molar-refractivity contribution is 6.25. The van der Waals surface area contributed by atoms with E-state index in [1.807, 2.05) is 35.4 Å². The number of piperidine rings is 2. The van der Waals surface area contributed by atoms with Crippen LogP contribution in [0.15, 0.2) is 79.8 Å². The van der Waals surface area contributed by atoms with Gasteiger partial charge >= 0.3 is 0 Å². The monoisotopic (exact) mass is 740 g/mol. The summed E-state index contributed by atoms with van der Waals surface area (Å²) in [5.74, 6) is -0.969. The quantitative estimate of drug-likeness (QED) is 0.0637. The van der Waals surface area contributed by atoms with Crippen LogP contribution in [0.2, 0.25) is 0 Å². The number of carbonyl (C=O) groups excluding carboxylic acids is 4. The summed E-state index contributed by atoms with van der Waals surface area (Å²) in [6.45, 7) is 8.29. The molecule has 0 aliphatic carbocycles. The third-order valence-corrected chi connectivity index (χ3v) is 10.8. The Bertz CT molecular complexity index is 2250. The zero-order chi connectivity index (χ0) is 37.9. The summed E-state index contributed by atoms with van der Waals surface area (Å²) in [6, 6.07) is 14.8. The number of aromatic nitrogens is 5. The maximum atomic E-state index is 13.4. The molecule has 1 unspecified atom stereocenters. The van der Waals surface area contributed by atoms with Crippen LogP contribution in [0.25, 0.3) is 22.3 Å². The van der Waals surface area contributed by atoms with Crippen LogP contribution in [0, 0.1) is 0 Å². The minimum absolute atomic E-state index is 0.0920. The lowest BCUT2D eigenvalue weighted by Gasteiger charge is -2.32. The number of nitrogens with zero attached hydrogens (tertiary/aromatic N) is 6. The first kappa shape index (κ1) is 35.9. The molecule has 14 nitrogen and oxygen atoms in total. The number of hydrogen-bond donors (Lipinski definition) is 4. The third kappa shape index (κ3) is 7.49. The Labute approximate surface area is 318 Å². The first-order chi connectivity index (χ1) is 26.9. The van der Waals surface area contributed by atoms with Gasteiger partial charge < -0.3 is 20.5 Å². The van der Waals surface area contributed by atoms with Crippen molar-refractivity contribution in [2.75, 3.05) is 36.8 Å². The Morgan fingerprint density at radius 2 is 1.76 bits per heavy atom. The van der Waals surface area contributed by atoms with E-state index in [0.29, 0.717) is 29.7 Å². The van der Waals surface area contributed by atoms with E-state index < -0.39 is 29.7 Å². The number of nitrogens with one attached hydrogen (secondary N) is 4. The average molecular weight is 741 g/mol. The van der Waals surface area contributed by atoms with Gasteiger partial charge in [0.15, 0.2) is 0 Å². The van der Waals surface area contributed by atoms with Gasteiger partial charge in [0.1, 0.15) is 11.7 Å². The molecule has 1 atom stereocenters. The van der Waals surface area contributed by atoms with Gasteiger partial charge in [-0.25, -0.2) is 4.98 Å². The van der Waals surface area contributed by atoms with Crippen molar-refractivity contribution in [1.82, 2.24) is 39.8 Å². The molecular weight excluding hydrogens is 697 g/mol. The van der Waals surface area contributed by atoms with Crippen molar-refractivity contribution < 1.29 is 19.2 Å². The molecule has 2 aromatic carbocycles. The second kappa shape index (κ2) is 15.7. The second-order valence-electron chi connectivity index (χ2n) is 14.4. The molecule has 14 heteroatoms. The fraction of sp³-hybridized carbons (Fsp3) is 0.341. The molecule has 0 radical (unpaired) electrons. The number of likely N-dealkylation sites (tertiary alicyclic amines) is 1. The average Bonchev–Trinajstić information content (AvgIpc) is 3.93. The van der Waals surface area contributed by atoms with Crippen LogP contribution >= 0.6 is 0 Å². The van der Waals surface area contributed by atoms with Crippen LogP contribution in [-0.2, 0) is 16.1 Å². The fourth-order valence-corrected chi connectivity index (χ4v) is 7.85. The Kier molecular flexibility index (Phi) is 10.2. The van der Waals surface area contributed by atoms with Crippen LogP contribution in [-0.4, -0.2) is 90.4 Å². The van der Waals surface area contributed by atoms with Gasteiger partial charge in [-0.15, -0.1) is 6.58 Å². The highest BCUT2D eigenvalue weighted by atomic mass is 16.2. The van der Waals surface area contributed by atoms with Gasteiger partial charge in [0.05, 0.1) is 23.0 Å². The van der Waals surface area contributed by atoms with Crippen molar-refractivity contribution in [3.63, 3.8) is 0 Å². The fourth-order valence-electron chi connectivity index (χ4n) is 7.85. The molecule has 0 bridgehead atoms. The SMILES string of the molecule is C=CCCn1cc(-c2nc(Nc3ccc(C4CCN(CCCCNc5cccc6c5C(=O)N(C5CCC(=O)NC5=O)C6=O)CC4)cc3)nc3[nH]ccc23)cn1. The zero-order valence-electron chi connectivity index (χ0n) is 30.6. The number of imide groups is 2. The molecule has 2 saturated heterocycles. The summed E-state index contributed by atoms with van der Waals surface area (Å²) in [4.78, 5) is 66.9. The van der Waals surface area contributed by atoms with Crippen LogP contribution < -0.4 is 16.0 Å². The van der Waals surface area contributed by atoms with Crippen molar-refractivity contribution in [3.8, 4) is 11.3 Å². The normalized spacial score (nSPS) is 17.8. The molecule has 8 rings (SSSR count). The summed E-state index contributed by atoms with van der Waals surface area (Å²) in [5.41, 5.74) is 5.96. The highest BCUT2D eigenvalue weighted by Crippen LogP contribution is 2.33. The van der Waals surface area contributed by atoms with Crippen molar-refractivity contribution in [2.45, 2.75) is 63.5 Å². The Hall–Kier alpha value is -6.15. The molecule has 3 aliphatic rings. The maximum Gasteiger partial charge on any atom is 0.264 e. The molecule has 2 fully saturated rings. The third-order valence-electron chi connectivity index (χ3n) is 10.8. The van der Waals surface area contributed by atoms with Gasteiger partial charge in [-0.05, 0) is 100.0 Å².